The number of nitro benzene ring substituents is 1. The van der Waals surface area contributed by atoms with Crippen molar-refractivity contribution < 1.29 is 19.2 Å². The van der Waals surface area contributed by atoms with Crippen molar-refractivity contribution >= 4 is 23.4 Å². The molecule has 124 valence electrons. The lowest BCUT2D eigenvalue weighted by atomic mass is 9.97. The summed E-state index contributed by atoms with van der Waals surface area (Å²) in [5, 5.41) is 13.3. The fourth-order valence-corrected chi connectivity index (χ4v) is 2.48. The highest BCUT2D eigenvalue weighted by molar-refractivity contribution is 5.93. The van der Waals surface area contributed by atoms with Gasteiger partial charge in [0.1, 0.15) is 0 Å². The number of nitrogens with zero attached hydrogens (tertiary/aromatic N) is 2. The summed E-state index contributed by atoms with van der Waals surface area (Å²) < 4.78 is 4.95. The van der Waals surface area contributed by atoms with Crippen molar-refractivity contribution in [1.82, 2.24) is 4.90 Å². The molecule has 2 amide bonds. The highest BCUT2D eigenvalue weighted by Gasteiger charge is 2.29. The molecule has 1 atom stereocenters. The first-order chi connectivity index (χ1) is 11.0. The molecule has 1 N–H and O–H groups in total. The second-order valence-electron chi connectivity index (χ2n) is 5.28. The molecule has 8 heteroatoms. The fraction of sp³-hybridized carbons (Fsp3) is 0.467. The predicted octanol–water partition coefficient (Wildman–Crippen LogP) is 2.40. The summed E-state index contributed by atoms with van der Waals surface area (Å²) >= 11 is 0. The monoisotopic (exact) mass is 321 g/mol. The van der Waals surface area contributed by atoms with E-state index >= 15 is 0 Å². The van der Waals surface area contributed by atoms with Gasteiger partial charge in [0.15, 0.2) is 0 Å². The molecule has 0 aliphatic carbocycles. The number of hydrogen-bond acceptors (Lipinski definition) is 5. The molecular weight excluding hydrogens is 302 g/mol. The molecule has 1 aromatic rings. The maximum absolute atomic E-state index is 12.3. The topological polar surface area (TPSA) is 102 Å². The summed E-state index contributed by atoms with van der Waals surface area (Å²) in [7, 11) is 0. The van der Waals surface area contributed by atoms with E-state index in [2.05, 4.69) is 5.32 Å². The van der Waals surface area contributed by atoms with Gasteiger partial charge in [-0.15, -0.1) is 0 Å². The van der Waals surface area contributed by atoms with Crippen LogP contribution in [0.4, 0.5) is 16.2 Å². The van der Waals surface area contributed by atoms with Gasteiger partial charge in [-0.3, -0.25) is 14.9 Å². The molecular formula is C15H19N3O5. The number of amides is 2. The molecule has 0 bridgehead atoms. The number of likely N-dealkylation sites (tertiary alicyclic amines) is 1. The third kappa shape index (κ3) is 4.41. The molecule has 0 radical (unpaired) electrons. The van der Waals surface area contributed by atoms with Crippen LogP contribution in [0.2, 0.25) is 0 Å². The summed E-state index contributed by atoms with van der Waals surface area (Å²) in [5.74, 6) is -0.517. The van der Waals surface area contributed by atoms with Crippen LogP contribution in [0.5, 0.6) is 0 Å². The highest BCUT2D eigenvalue weighted by atomic mass is 16.6. The van der Waals surface area contributed by atoms with E-state index in [0.717, 1.165) is 6.42 Å². The van der Waals surface area contributed by atoms with Gasteiger partial charge in [-0.2, -0.15) is 0 Å². The van der Waals surface area contributed by atoms with Crippen LogP contribution < -0.4 is 5.32 Å². The van der Waals surface area contributed by atoms with Crippen molar-refractivity contribution in [2.24, 2.45) is 5.92 Å². The zero-order valence-electron chi connectivity index (χ0n) is 12.9. The first-order valence-corrected chi connectivity index (χ1v) is 7.48. The van der Waals surface area contributed by atoms with Crippen LogP contribution in [0.1, 0.15) is 19.8 Å². The Balaban J connectivity index is 1.94. The molecule has 2 rings (SSSR count). The Morgan fingerprint density at radius 2 is 2.09 bits per heavy atom. The van der Waals surface area contributed by atoms with Gasteiger partial charge in [0.25, 0.3) is 5.69 Å². The number of nitrogens with one attached hydrogen (secondary N) is 1. The Labute approximate surface area is 133 Å². The van der Waals surface area contributed by atoms with Crippen molar-refractivity contribution in [1.29, 1.82) is 0 Å². The minimum absolute atomic E-state index is 0.0332. The SMILES string of the molecule is CCOC(=O)N1CCCC(C(=O)Nc2ccc([N+](=O)[O-])cc2)C1. The van der Waals surface area contributed by atoms with E-state index < -0.39 is 11.0 Å². The lowest BCUT2D eigenvalue weighted by molar-refractivity contribution is -0.384. The molecule has 1 aliphatic heterocycles. The molecule has 23 heavy (non-hydrogen) atoms. The van der Waals surface area contributed by atoms with Gasteiger partial charge in [0.05, 0.1) is 17.4 Å². The van der Waals surface area contributed by atoms with E-state index in [-0.39, 0.29) is 17.5 Å². The van der Waals surface area contributed by atoms with Gasteiger partial charge in [0.2, 0.25) is 5.91 Å². The van der Waals surface area contributed by atoms with Crippen molar-refractivity contribution in [3.05, 3.63) is 34.4 Å². The Morgan fingerprint density at radius 3 is 2.70 bits per heavy atom. The summed E-state index contributed by atoms with van der Waals surface area (Å²) in [6.07, 6.45) is 1.02. The van der Waals surface area contributed by atoms with Crippen LogP contribution in [0.3, 0.4) is 0 Å². The average Bonchev–Trinajstić information content (AvgIpc) is 2.55. The number of carbonyl (C=O) groups is 2. The van der Waals surface area contributed by atoms with Crippen molar-refractivity contribution in [2.75, 3.05) is 25.0 Å². The average molecular weight is 321 g/mol. The van der Waals surface area contributed by atoms with E-state index in [1.54, 1.807) is 6.92 Å². The first kappa shape index (κ1) is 16.7. The summed E-state index contributed by atoms with van der Waals surface area (Å²) in [4.78, 5) is 35.7. The number of piperidine rings is 1. The number of benzene rings is 1. The van der Waals surface area contributed by atoms with Gasteiger partial charge in [-0.05, 0) is 31.9 Å². The molecule has 0 aromatic heterocycles. The molecule has 1 saturated heterocycles. The molecule has 1 fully saturated rings. The lowest BCUT2D eigenvalue weighted by Crippen LogP contribution is -2.44. The zero-order chi connectivity index (χ0) is 16.8. The molecule has 1 aromatic carbocycles. The third-order valence-corrected chi connectivity index (χ3v) is 3.66. The largest absolute Gasteiger partial charge is 0.450 e. The minimum Gasteiger partial charge on any atom is -0.450 e. The van der Waals surface area contributed by atoms with Crippen LogP contribution in [0.25, 0.3) is 0 Å². The van der Waals surface area contributed by atoms with Crippen LogP contribution in [-0.4, -0.2) is 41.5 Å². The minimum atomic E-state index is -0.496. The Bertz CT molecular complexity index is 587. The fourth-order valence-electron chi connectivity index (χ4n) is 2.48. The van der Waals surface area contributed by atoms with Crippen LogP contribution in [0.15, 0.2) is 24.3 Å². The van der Waals surface area contributed by atoms with Crippen molar-refractivity contribution in [3.63, 3.8) is 0 Å². The van der Waals surface area contributed by atoms with E-state index in [1.807, 2.05) is 0 Å². The van der Waals surface area contributed by atoms with Crippen LogP contribution in [-0.2, 0) is 9.53 Å². The molecule has 1 unspecified atom stereocenters. The number of carbonyl (C=O) groups excluding carboxylic acids is 2. The number of rotatable bonds is 4. The predicted molar refractivity (Wildman–Crippen MR) is 83.0 cm³/mol. The first-order valence-electron chi connectivity index (χ1n) is 7.48. The number of non-ortho nitro benzene ring substituents is 1. The van der Waals surface area contributed by atoms with Crippen molar-refractivity contribution in [3.8, 4) is 0 Å². The number of anilines is 1. The molecule has 1 heterocycles. The highest BCUT2D eigenvalue weighted by Crippen LogP contribution is 2.21. The Kier molecular flexibility index (Phi) is 5.51. The molecule has 1 aliphatic rings. The van der Waals surface area contributed by atoms with Crippen molar-refractivity contribution in [2.45, 2.75) is 19.8 Å². The Morgan fingerprint density at radius 1 is 1.39 bits per heavy atom. The smallest absolute Gasteiger partial charge is 0.409 e. The normalized spacial score (nSPS) is 17.4. The van der Waals surface area contributed by atoms with E-state index in [1.165, 1.54) is 29.2 Å². The maximum Gasteiger partial charge on any atom is 0.409 e. The van der Waals surface area contributed by atoms with Crippen LogP contribution in [0, 0.1) is 16.0 Å². The summed E-state index contributed by atoms with van der Waals surface area (Å²) in [6.45, 7) is 2.94. The second-order valence-corrected chi connectivity index (χ2v) is 5.28. The number of nitro groups is 1. The number of ether oxygens (including phenoxy) is 1. The molecule has 0 spiro atoms. The zero-order valence-corrected chi connectivity index (χ0v) is 12.9. The van der Waals surface area contributed by atoms with Gasteiger partial charge in [-0.1, -0.05) is 0 Å². The molecule has 0 saturated carbocycles. The van der Waals surface area contributed by atoms with E-state index in [4.69, 9.17) is 4.74 Å². The molecule has 8 nitrogen and oxygen atoms in total. The summed E-state index contributed by atoms with van der Waals surface area (Å²) in [6, 6.07) is 5.65. The lowest BCUT2D eigenvalue weighted by Gasteiger charge is -2.31. The third-order valence-electron chi connectivity index (χ3n) is 3.66. The van der Waals surface area contributed by atoms with Crippen LogP contribution >= 0.6 is 0 Å². The van der Waals surface area contributed by atoms with Gasteiger partial charge in [-0.25, -0.2) is 4.79 Å². The maximum atomic E-state index is 12.3. The van der Waals surface area contributed by atoms with E-state index in [0.29, 0.717) is 31.8 Å². The van der Waals surface area contributed by atoms with Gasteiger partial charge in [0, 0.05) is 30.9 Å². The Hall–Kier alpha value is -2.64. The summed E-state index contributed by atoms with van der Waals surface area (Å²) in [5.41, 5.74) is 0.461. The standard InChI is InChI=1S/C15H19N3O5/c1-2-23-15(20)17-9-3-4-11(10-17)14(19)16-12-5-7-13(8-6-12)18(21)22/h5-8,11H,2-4,9-10H2,1H3,(H,16,19). The number of hydrogen-bond donors (Lipinski definition) is 1. The second kappa shape index (κ2) is 7.57. The van der Waals surface area contributed by atoms with Gasteiger partial charge >= 0.3 is 6.09 Å². The van der Waals surface area contributed by atoms with E-state index in [9.17, 15) is 19.7 Å². The van der Waals surface area contributed by atoms with Gasteiger partial charge < -0.3 is 15.0 Å². The quantitative estimate of drug-likeness (QED) is 0.677.